The number of ether oxygens (including phenoxy) is 2. The fourth-order valence-corrected chi connectivity index (χ4v) is 2.08. The van der Waals surface area contributed by atoms with E-state index >= 15 is 0 Å². The predicted octanol–water partition coefficient (Wildman–Crippen LogP) is 3.22. The summed E-state index contributed by atoms with van der Waals surface area (Å²) in [6.07, 6.45) is 0.642. The molecule has 0 aliphatic carbocycles. The summed E-state index contributed by atoms with van der Waals surface area (Å²) in [5.41, 5.74) is -0.227. The van der Waals surface area contributed by atoms with E-state index in [2.05, 4.69) is 0 Å². The largest absolute Gasteiger partial charge is 0.466 e. The second-order valence-corrected chi connectivity index (χ2v) is 5.78. The van der Waals surface area contributed by atoms with Crippen LogP contribution in [-0.4, -0.2) is 42.8 Å². The minimum Gasteiger partial charge on any atom is -0.466 e. The van der Waals surface area contributed by atoms with Gasteiger partial charge in [0.1, 0.15) is 0 Å². The normalized spacial score (nSPS) is 12.7. The van der Waals surface area contributed by atoms with E-state index in [9.17, 15) is 9.59 Å². The van der Waals surface area contributed by atoms with E-state index < -0.39 is 0 Å². The van der Waals surface area contributed by atoms with Crippen molar-refractivity contribution >= 4 is 12.1 Å². The first-order chi connectivity index (χ1) is 9.27. The first-order valence-corrected chi connectivity index (χ1v) is 7.36. The zero-order valence-corrected chi connectivity index (χ0v) is 13.7. The molecule has 0 saturated heterocycles. The maximum absolute atomic E-state index is 12.1. The fourth-order valence-electron chi connectivity index (χ4n) is 2.08. The van der Waals surface area contributed by atoms with Gasteiger partial charge in [-0.05, 0) is 25.7 Å². The number of hydrogen-bond acceptors (Lipinski definition) is 4. The van der Waals surface area contributed by atoms with Crippen LogP contribution in [0.3, 0.4) is 0 Å². The zero-order chi connectivity index (χ0) is 15.8. The molecule has 1 amide bonds. The standard InChI is InChI=1S/C15H29NO4/c1-7-10-16(14(18)20-9-3)12(15(4,5)6)11-13(17)19-8-2/h12H,7-11H2,1-6H3. The molecule has 5 nitrogen and oxygen atoms in total. The number of esters is 1. The van der Waals surface area contributed by atoms with Crippen molar-refractivity contribution in [2.45, 2.75) is 60.4 Å². The van der Waals surface area contributed by atoms with Gasteiger partial charge in [0.25, 0.3) is 0 Å². The van der Waals surface area contributed by atoms with Crippen LogP contribution in [0.4, 0.5) is 4.79 Å². The molecule has 0 fully saturated rings. The first-order valence-electron chi connectivity index (χ1n) is 7.36. The molecule has 0 radical (unpaired) electrons. The highest BCUT2D eigenvalue weighted by molar-refractivity contribution is 5.73. The predicted molar refractivity (Wildman–Crippen MR) is 78.5 cm³/mol. The lowest BCUT2D eigenvalue weighted by molar-refractivity contribution is -0.145. The van der Waals surface area contributed by atoms with Crippen LogP contribution in [0.5, 0.6) is 0 Å². The zero-order valence-electron chi connectivity index (χ0n) is 13.7. The van der Waals surface area contributed by atoms with Gasteiger partial charge in [0.2, 0.25) is 0 Å². The van der Waals surface area contributed by atoms with Gasteiger partial charge in [-0.2, -0.15) is 0 Å². The van der Waals surface area contributed by atoms with E-state index in [1.165, 1.54) is 0 Å². The van der Waals surface area contributed by atoms with Crippen molar-refractivity contribution in [3.8, 4) is 0 Å². The average molecular weight is 287 g/mol. The number of hydrogen-bond donors (Lipinski definition) is 0. The average Bonchev–Trinajstić information content (AvgIpc) is 2.33. The van der Waals surface area contributed by atoms with E-state index in [0.717, 1.165) is 6.42 Å². The number of nitrogens with zero attached hydrogens (tertiary/aromatic N) is 1. The Hall–Kier alpha value is -1.26. The topological polar surface area (TPSA) is 55.8 Å². The van der Waals surface area contributed by atoms with Gasteiger partial charge in [-0.1, -0.05) is 27.7 Å². The number of rotatable bonds is 7. The number of amides is 1. The molecule has 0 aromatic heterocycles. The van der Waals surface area contributed by atoms with Crippen molar-refractivity contribution in [3.63, 3.8) is 0 Å². The number of carbonyl (C=O) groups excluding carboxylic acids is 2. The van der Waals surface area contributed by atoms with Gasteiger partial charge in [0.15, 0.2) is 0 Å². The highest BCUT2D eigenvalue weighted by Gasteiger charge is 2.35. The molecule has 0 aromatic carbocycles. The third-order valence-corrected chi connectivity index (χ3v) is 3.01. The lowest BCUT2D eigenvalue weighted by Crippen LogP contribution is -2.49. The van der Waals surface area contributed by atoms with Crippen LogP contribution in [0.25, 0.3) is 0 Å². The van der Waals surface area contributed by atoms with Crippen molar-refractivity contribution < 1.29 is 19.1 Å². The lowest BCUT2D eigenvalue weighted by atomic mass is 9.83. The molecule has 0 aromatic rings. The third kappa shape index (κ3) is 6.26. The van der Waals surface area contributed by atoms with Gasteiger partial charge >= 0.3 is 12.1 Å². The molecule has 5 heteroatoms. The monoisotopic (exact) mass is 287 g/mol. The third-order valence-electron chi connectivity index (χ3n) is 3.01. The van der Waals surface area contributed by atoms with Crippen LogP contribution in [0, 0.1) is 5.41 Å². The summed E-state index contributed by atoms with van der Waals surface area (Å²) >= 11 is 0. The van der Waals surface area contributed by atoms with Gasteiger partial charge in [-0.3, -0.25) is 4.79 Å². The number of carbonyl (C=O) groups is 2. The molecule has 1 atom stereocenters. The fraction of sp³-hybridized carbons (Fsp3) is 0.867. The Kier molecular flexibility index (Phi) is 8.26. The first kappa shape index (κ1) is 18.7. The van der Waals surface area contributed by atoms with Crippen molar-refractivity contribution in [2.75, 3.05) is 19.8 Å². The van der Waals surface area contributed by atoms with E-state index in [1.807, 2.05) is 27.7 Å². The molecule has 0 aliphatic rings. The second-order valence-electron chi connectivity index (χ2n) is 5.78. The summed E-state index contributed by atoms with van der Waals surface area (Å²) in [6.45, 7) is 12.8. The summed E-state index contributed by atoms with van der Waals surface area (Å²) in [6, 6.07) is -0.236. The van der Waals surface area contributed by atoms with Crippen LogP contribution in [0.1, 0.15) is 54.4 Å². The molecule has 0 saturated carbocycles. The summed E-state index contributed by atoms with van der Waals surface area (Å²) < 4.78 is 10.1. The van der Waals surface area contributed by atoms with Gasteiger partial charge < -0.3 is 14.4 Å². The van der Waals surface area contributed by atoms with Gasteiger partial charge in [0, 0.05) is 6.54 Å². The van der Waals surface area contributed by atoms with Crippen molar-refractivity contribution in [2.24, 2.45) is 5.41 Å². The maximum atomic E-state index is 12.1. The van der Waals surface area contributed by atoms with Gasteiger partial charge in [-0.15, -0.1) is 0 Å². The van der Waals surface area contributed by atoms with Crippen molar-refractivity contribution in [1.29, 1.82) is 0 Å². The Morgan fingerprint density at radius 1 is 1.05 bits per heavy atom. The molecular weight excluding hydrogens is 258 g/mol. The summed E-state index contributed by atoms with van der Waals surface area (Å²) in [5.74, 6) is -0.280. The molecule has 1 unspecified atom stereocenters. The van der Waals surface area contributed by atoms with Crippen LogP contribution in [0.15, 0.2) is 0 Å². The SMILES string of the molecule is CCCN(C(=O)OCC)C(CC(=O)OCC)C(C)(C)C. The quantitative estimate of drug-likeness (QED) is 0.675. The van der Waals surface area contributed by atoms with E-state index in [0.29, 0.717) is 19.8 Å². The Bertz CT molecular complexity index is 309. The molecule has 0 aliphatic heterocycles. The lowest BCUT2D eigenvalue weighted by Gasteiger charge is -2.38. The molecule has 0 bridgehead atoms. The molecule has 20 heavy (non-hydrogen) atoms. The molecule has 0 spiro atoms. The van der Waals surface area contributed by atoms with Crippen LogP contribution in [-0.2, 0) is 14.3 Å². The maximum Gasteiger partial charge on any atom is 0.410 e. The Balaban J connectivity index is 5.12. The molecular formula is C15H29NO4. The van der Waals surface area contributed by atoms with Crippen LogP contribution in [0.2, 0.25) is 0 Å². The van der Waals surface area contributed by atoms with Crippen LogP contribution < -0.4 is 0 Å². The Labute approximate surface area is 122 Å². The summed E-state index contributed by atoms with van der Waals surface area (Å²) in [5, 5.41) is 0. The molecule has 118 valence electrons. The minimum atomic E-state index is -0.362. The van der Waals surface area contributed by atoms with E-state index in [1.54, 1.807) is 18.7 Å². The molecule has 0 heterocycles. The van der Waals surface area contributed by atoms with E-state index in [4.69, 9.17) is 9.47 Å². The van der Waals surface area contributed by atoms with Crippen LogP contribution >= 0.6 is 0 Å². The van der Waals surface area contributed by atoms with E-state index in [-0.39, 0.29) is 29.9 Å². The summed E-state index contributed by atoms with van der Waals surface area (Å²) in [7, 11) is 0. The minimum absolute atomic E-state index is 0.191. The van der Waals surface area contributed by atoms with Crippen molar-refractivity contribution in [3.05, 3.63) is 0 Å². The Morgan fingerprint density at radius 2 is 1.60 bits per heavy atom. The van der Waals surface area contributed by atoms with Crippen molar-refractivity contribution in [1.82, 2.24) is 4.90 Å². The highest BCUT2D eigenvalue weighted by atomic mass is 16.6. The second kappa shape index (κ2) is 8.82. The Morgan fingerprint density at radius 3 is 2.00 bits per heavy atom. The molecule has 0 rings (SSSR count). The molecule has 0 N–H and O–H groups in total. The summed E-state index contributed by atoms with van der Waals surface area (Å²) in [4.78, 5) is 25.6. The van der Waals surface area contributed by atoms with Gasteiger partial charge in [-0.25, -0.2) is 4.79 Å². The highest BCUT2D eigenvalue weighted by Crippen LogP contribution is 2.28. The van der Waals surface area contributed by atoms with Gasteiger partial charge in [0.05, 0.1) is 25.7 Å². The smallest absolute Gasteiger partial charge is 0.410 e.